The minimum atomic E-state index is -0.619. The zero-order valence-electron chi connectivity index (χ0n) is 8.54. The van der Waals surface area contributed by atoms with Gasteiger partial charge in [-0.25, -0.2) is 0 Å². The Hall–Kier alpha value is -0.120. The molecule has 0 radical (unpaired) electrons. The molecule has 0 amide bonds. The van der Waals surface area contributed by atoms with Gasteiger partial charge in [0, 0.05) is 6.54 Å². The quantitative estimate of drug-likeness (QED) is 0.672. The molecule has 0 saturated carbocycles. The molecule has 0 aromatic heterocycles. The Labute approximate surface area is 80.7 Å². The second kappa shape index (κ2) is 6.35. The summed E-state index contributed by atoms with van der Waals surface area (Å²) in [5, 5.41) is 8.90. The van der Waals surface area contributed by atoms with Crippen molar-refractivity contribution < 1.29 is 9.84 Å². The lowest BCUT2D eigenvalue weighted by molar-refractivity contribution is -0.0891. The molecule has 1 aliphatic heterocycles. The van der Waals surface area contributed by atoms with E-state index < -0.39 is 6.29 Å². The zero-order valence-corrected chi connectivity index (χ0v) is 8.54. The van der Waals surface area contributed by atoms with Gasteiger partial charge in [0.1, 0.15) is 0 Å². The summed E-state index contributed by atoms with van der Waals surface area (Å²) in [7, 11) is 0. The van der Waals surface area contributed by atoms with Crippen molar-refractivity contribution in [3.05, 3.63) is 0 Å². The number of nitrogens with zero attached hydrogens (tertiary/aromatic N) is 1. The fraction of sp³-hybridized carbons (Fsp3) is 1.00. The number of aliphatic hydroxyl groups is 1. The van der Waals surface area contributed by atoms with E-state index in [1.165, 1.54) is 38.8 Å². The summed E-state index contributed by atoms with van der Waals surface area (Å²) in [5.74, 6) is 0. The smallest absolute Gasteiger partial charge is 0.151 e. The van der Waals surface area contributed by atoms with E-state index in [2.05, 4.69) is 4.90 Å². The number of ether oxygens (including phenoxy) is 1. The predicted molar refractivity (Wildman–Crippen MR) is 52.5 cm³/mol. The monoisotopic (exact) mass is 187 g/mol. The maximum atomic E-state index is 8.90. The fourth-order valence-electron chi connectivity index (χ4n) is 1.71. The van der Waals surface area contributed by atoms with E-state index in [0.29, 0.717) is 6.61 Å². The van der Waals surface area contributed by atoms with Crippen LogP contribution in [0, 0.1) is 0 Å². The fourth-order valence-corrected chi connectivity index (χ4v) is 1.71. The van der Waals surface area contributed by atoms with Gasteiger partial charge in [0.2, 0.25) is 0 Å². The van der Waals surface area contributed by atoms with Crippen molar-refractivity contribution in [3.8, 4) is 0 Å². The van der Waals surface area contributed by atoms with E-state index in [1.807, 2.05) is 0 Å². The second-order valence-electron chi connectivity index (χ2n) is 3.73. The molecule has 3 nitrogen and oxygen atoms in total. The lowest BCUT2D eigenvalue weighted by Crippen LogP contribution is -2.29. The van der Waals surface area contributed by atoms with Gasteiger partial charge in [-0.05, 0) is 32.9 Å². The Bertz CT molecular complexity index is 120. The summed E-state index contributed by atoms with van der Waals surface area (Å²) in [6.45, 7) is 5.66. The third-order valence-corrected chi connectivity index (χ3v) is 2.47. The van der Waals surface area contributed by atoms with Crippen molar-refractivity contribution in [2.75, 3.05) is 26.2 Å². The van der Waals surface area contributed by atoms with Gasteiger partial charge in [0.15, 0.2) is 6.29 Å². The van der Waals surface area contributed by atoms with Crippen molar-refractivity contribution in [1.82, 2.24) is 4.90 Å². The van der Waals surface area contributed by atoms with Crippen LogP contribution < -0.4 is 0 Å². The van der Waals surface area contributed by atoms with Crippen LogP contribution in [0.4, 0.5) is 0 Å². The lowest BCUT2D eigenvalue weighted by atomic mass is 10.2. The highest BCUT2D eigenvalue weighted by Crippen LogP contribution is 2.08. The molecule has 1 rings (SSSR count). The average Bonchev–Trinajstić information content (AvgIpc) is 2.32. The van der Waals surface area contributed by atoms with E-state index >= 15 is 0 Å². The largest absolute Gasteiger partial charge is 0.368 e. The molecule has 78 valence electrons. The SMILES string of the molecule is CC(O)OCCN1CCCCCC1. The summed E-state index contributed by atoms with van der Waals surface area (Å²) < 4.78 is 5.10. The molecular formula is C10H21NO2. The van der Waals surface area contributed by atoms with Crippen molar-refractivity contribution in [2.24, 2.45) is 0 Å². The van der Waals surface area contributed by atoms with Crippen LogP contribution in [0.1, 0.15) is 32.6 Å². The van der Waals surface area contributed by atoms with Crippen LogP contribution in [0.5, 0.6) is 0 Å². The number of rotatable bonds is 4. The van der Waals surface area contributed by atoms with Gasteiger partial charge in [-0.15, -0.1) is 0 Å². The predicted octanol–water partition coefficient (Wildman–Crippen LogP) is 1.22. The molecular weight excluding hydrogens is 166 g/mol. The molecule has 1 fully saturated rings. The summed E-state index contributed by atoms with van der Waals surface area (Å²) in [6.07, 6.45) is 4.75. The zero-order chi connectivity index (χ0) is 9.52. The third-order valence-electron chi connectivity index (χ3n) is 2.47. The van der Waals surface area contributed by atoms with E-state index in [1.54, 1.807) is 6.92 Å². The molecule has 0 aliphatic carbocycles. The van der Waals surface area contributed by atoms with Gasteiger partial charge in [0.25, 0.3) is 0 Å². The number of hydrogen-bond donors (Lipinski definition) is 1. The molecule has 1 heterocycles. The molecule has 1 N–H and O–H groups in total. The maximum absolute atomic E-state index is 8.90. The minimum Gasteiger partial charge on any atom is -0.368 e. The molecule has 0 spiro atoms. The molecule has 0 aromatic rings. The van der Waals surface area contributed by atoms with Crippen molar-refractivity contribution in [2.45, 2.75) is 38.9 Å². The van der Waals surface area contributed by atoms with Gasteiger partial charge >= 0.3 is 0 Å². The third kappa shape index (κ3) is 5.24. The number of hydrogen-bond acceptors (Lipinski definition) is 3. The first-order valence-corrected chi connectivity index (χ1v) is 5.31. The highest BCUT2D eigenvalue weighted by molar-refractivity contribution is 4.62. The molecule has 1 atom stereocenters. The highest BCUT2D eigenvalue weighted by atomic mass is 16.6. The Morgan fingerprint density at radius 1 is 1.23 bits per heavy atom. The Morgan fingerprint density at radius 2 is 1.85 bits per heavy atom. The first-order chi connectivity index (χ1) is 6.29. The maximum Gasteiger partial charge on any atom is 0.151 e. The van der Waals surface area contributed by atoms with E-state index in [9.17, 15) is 0 Å². The molecule has 1 saturated heterocycles. The summed E-state index contributed by atoms with van der Waals surface area (Å²) in [5.41, 5.74) is 0. The Balaban J connectivity index is 2.05. The van der Waals surface area contributed by atoms with Crippen molar-refractivity contribution >= 4 is 0 Å². The topological polar surface area (TPSA) is 32.7 Å². The molecule has 13 heavy (non-hydrogen) atoms. The Kier molecular flexibility index (Phi) is 5.35. The lowest BCUT2D eigenvalue weighted by Gasteiger charge is -2.19. The van der Waals surface area contributed by atoms with Crippen molar-refractivity contribution in [1.29, 1.82) is 0 Å². The second-order valence-corrected chi connectivity index (χ2v) is 3.73. The van der Waals surface area contributed by atoms with Gasteiger partial charge < -0.3 is 14.7 Å². The number of likely N-dealkylation sites (tertiary alicyclic amines) is 1. The molecule has 1 aliphatic rings. The van der Waals surface area contributed by atoms with Gasteiger partial charge in [0.05, 0.1) is 6.61 Å². The normalized spacial score (nSPS) is 22.6. The van der Waals surface area contributed by atoms with Crippen molar-refractivity contribution in [3.63, 3.8) is 0 Å². The van der Waals surface area contributed by atoms with Gasteiger partial charge in [-0.1, -0.05) is 12.8 Å². The average molecular weight is 187 g/mol. The van der Waals surface area contributed by atoms with Crippen LogP contribution in [-0.4, -0.2) is 42.5 Å². The van der Waals surface area contributed by atoms with E-state index in [-0.39, 0.29) is 0 Å². The minimum absolute atomic E-state index is 0.619. The van der Waals surface area contributed by atoms with Crippen LogP contribution in [0.3, 0.4) is 0 Å². The van der Waals surface area contributed by atoms with Crippen LogP contribution in [0.2, 0.25) is 0 Å². The summed E-state index contributed by atoms with van der Waals surface area (Å²) in [6, 6.07) is 0. The van der Waals surface area contributed by atoms with Gasteiger partial charge in [-0.2, -0.15) is 0 Å². The molecule has 0 bridgehead atoms. The van der Waals surface area contributed by atoms with E-state index in [0.717, 1.165) is 6.54 Å². The van der Waals surface area contributed by atoms with Crippen LogP contribution in [0.15, 0.2) is 0 Å². The molecule has 3 heteroatoms. The number of aliphatic hydroxyl groups excluding tert-OH is 1. The molecule has 0 aromatic carbocycles. The Morgan fingerprint density at radius 3 is 2.38 bits per heavy atom. The first-order valence-electron chi connectivity index (χ1n) is 5.31. The van der Waals surface area contributed by atoms with Crippen LogP contribution in [0.25, 0.3) is 0 Å². The first kappa shape index (κ1) is 11.0. The van der Waals surface area contributed by atoms with E-state index in [4.69, 9.17) is 9.84 Å². The van der Waals surface area contributed by atoms with Crippen LogP contribution in [-0.2, 0) is 4.74 Å². The molecule has 1 unspecified atom stereocenters. The standard InChI is InChI=1S/C10H21NO2/c1-10(12)13-9-8-11-6-4-2-3-5-7-11/h10,12H,2-9H2,1H3. The summed E-state index contributed by atoms with van der Waals surface area (Å²) >= 11 is 0. The summed E-state index contributed by atoms with van der Waals surface area (Å²) in [4.78, 5) is 2.43. The van der Waals surface area contributed by atoms with Gasteiger partial charge in [-0.3, -0.25) is 0 Å². The highest BCUT2D eigenvalue weighted by Gasteiger charge is 2.08. The van der Waals surface area contributed by atoms with Crippen LogP contribution >= 0.6 is 0 Å².